The summed E-state index contributed by atoms with van der Waals surface area (Å²) in [6.45, 7) is 3.46. The lowest BCUT2D eigenvalue weighted by Crippen LogP contribution is -2.07. The molecule has 0 radical (unpaired) electrons. The first-order valence-electron chi connectivity index (χ1n) is 6.08. The van der Waals surface area contributed by atoms with Crippen LogP contribution in [0.15, 0.2) is 22.9 Å². The highest BCUT2D eigenvalue weighted by Crippen LogP contribution is 2.32. The van der Waals surface area contributed by atoms with Crippen molar-refractivity contribution in [2.24, 2.45) is 0 Å². The number of nitrogens with zero attached hydrogens (tertiary/aromatic N) is 2. The van der Waals surface area contributed by atoms with Gasteiger partial charge in [0.2, 0.25) is 5.91 Å². The topological polar surface area (TPSA) is 81.2 Å². The summed E-state index contributed by atoms with van der Waals surface area (Å²) in [6.07, 6.45) is 1.57. The van der Waals surface area contributed by atoms with Crippen molar-refractivity contribution < 1.29 is 14.3 Å². The van der Waals surface area contributed by atoms with E-state index in [9.17, 15) is 9.59 Å². The molecule has 2 rings (SSSR count). The molecule has 2 aromatic heterocycles. The van der Waals surface area contributed by atoms with Crippen LogP contribution in [0.25, 0.3) is 10.6 Å². The molecule has 0 spiro atoms. The van der Waals surface area contributed by atoms with Gasteiger partial charge >= 0.3 is 5.97 Å². The number of aromatic nitrogens is 2. The van der Waals surface area contributed by atoms with E-state index in [0.29, 0.717) is 26.9 Å². The van der Waals surface area contributed by atoms with E-state index in [0.717, 1.165) is 5.56 Å². The minimum absolute atomic E-state index is 0.202. The summed E-state index contributed by atoms with van der Waals surface area (Å²) in [5, 5.41) is 3.24. The Kier molecular flexibility index (Phi) is 5.03. The van der Waals surface area contributed by atoms with Crippen LogP contribution in [0.3, 0.4) is 0 Å². The third-order valence-corrected chi connectivity index (χ3v) is 4.28. The first-order valence-corrected chi connectivity index (χ1v) is 7.69. The highest BCUT2D eigenvalue weighted by atomic mass is 79.9. The number of amides is 1. The summed E-state index contributed by atoms with van der Waals surface area (Å²) in [5.41, 5.74) is 0.759. The van der Waals surface area contributed by atoms with Crippen LogP contribution in [-0.2, 0) is 9.53 Å². The molecule has 0 aliphatic rings. The molecule has 1 N–H and O–H groups in total. The summed E-state index contributed by atoms with van der Waals surface area (Å²) in [5.74, 6) is -0.180. The van der Waals surface area contributed by atoms with Crippen LogP contribution in [-0.4, -0.2) is 28.5 Å². The van der Waals surface area contributed by atoms with Gasteiger partial charge in [-0.25, -0.2) is 14.8 Å². The molecule has 2 heterocycles. The lowest BCUT2D eigenvalue weighted by molar-refractivity contribution is -0.114. The van der Waals surface area contributed by atoms with Crippen molar-refractivity contribution in [3.8, 4) is 10.6 Å². The predicted octanol–water partition coefficient (Wildman–Crippen LogP) is 3.10. The van der Waals surface area contributed by atoms with Crippen molar-refractivity contribution in [1.82, 2.24) is 9.97 Å². The lowest BCUT2D eigenvalue weighted by Gasteiger charge is -2.02. The Bertz CT molecular complexity index is 687. The normalized spacial score (nSPS) is 10.2. The van der Waals surface area contributed by atoms with Crippen molar-refractivity contribution in [1.29, 1.82) is 0 Å². The van der Waals surface area contributed by atoms with Gasteiger partial charge in [0.15, 0.2) is 0 Å². The maximum absolute atomic E-state index is 11.8. The molecular formula is C13H12BrN3O3S. The Labute approximate surface area is 133 Å². The molecule has 0 saturated heterocycles. The van der Waals surface area contributed by atoms with Crippen LogP contribution in [0.1, 0.15) is 23.5 Å². The zero-order chi connectivity index (χ0) is 15.4. The monoisotopic (exact) mass is 369 g/mol. The van der Waals surface area contributed by atoms with Gasteiger partial charge in [-0.3, -0.25) is 4.79 Å². The molecule has 0 fully saturated rings. The Morgan fingerprint density at radius 1 is 1.48 bits per heavy atom. The minimum atomic E-state index is -0.413. The standard InChI is InChI=1S/C13H12BrN3O3S/c1-3-20-13(19)10-11(14)17-12(21-10)8-4-5-15-9(6-8)16-7(2)18/h4-6H,3H2,1-2H3,(H,15,16,18). The quantitative estimate of drug-likeness (QED) is 0.837. The number of pyridine rings is 1. The van der Waals surface area contributed by atoms with E-state index in [1.54, 1.807) is 25.3 Å². The number of nitrogens with one attached hydrogen (secondary N) is 1. The van der Waals surface area contributed by atoms with Crippen LogP contribution in [0.2, 0.25) is 0 Å². The van der Waals surface area contributed by atoms with Crippen LogP contribution >= 0.6 is 27.3 Å². The van der Waals surface area contributed by atoms with Crippen LogP contribution in [0.4, 0.5) is 5.82 Å². The number of anilines is 1. The lowest BCUT2D eigenvalue weighted by atomic mass is 10.3. The van der Waals surface area contributed by atoms with Gasteiger partial charge in [0.1, 0.15) is 20.3 Å². The summed E-state index contributed by atoms with van der Waals surface area (Å²) < 4.78 is 5.41. The van der Waals surface area contributed by atoms with Gasteiger partial charge in [-0.05, 0) is 35.0 Å². The smallest absolute Gasteiger partial charge is 0.351 e. The summed E-state index contributed by atoms with van der Waals surface area (Å²) in [4.78, 5) is 31.6. The third-order valence-electron chi connectivity index (χ3n) is 2.36. The largest absolute Gasteiger partial charge is 0.462 e. The number of esters is 1. The second-order valence-corrected chi connectivity index (χ2v) is 5.72. The Morgan fingerprint density at radius 2 is 2.24 bits per heavy atom. The number of ether oxygens (including phenoxy) is 1. The van der Waals surface area contributed by atoms with Gasteiger partial charge in [-0.1, -0.05) is 0 Å². The molecule has 0 bridgehead atoms. The molecule has 0 unspecified atom stereocenters. The van der Waals surface area contributed by atoms with Crippen molar-refractivity contribution in [3.63, 3.8) is 0 Å². The van der Waals surface area contributed by atoms with E-state index in [-0.39, 0.29) is 5.91 Å². The Hall–Kier alpha value is -1.80. The number of hydrogen-bond acceptors (Lipinski definition) is 6. The van der Waals surface area contributed by atoms with Crippen LogP contribution in [0.5, 0.6) is 0 Å². The number of rotatable bonds is 4. The van der Waals surface area contributed by atoms with Gasteiger partial charge in [0.25, 0.3) is 0 Å². The van der Waals surface area contributed by atoms with Gasteiger partial charge < -0.3 is 10.1 Å². The van der Waals surface area contributed by atoms with E-state index < -0.39 is 5.97 Å². The molecule has 2 aromatic rings. The van der Waals surface area contributed by atoms with Gasteiger partial charge in [-0.2, -0.15) is 0 Å². The molecule has 8 heteroatoms. The van der Waals surface area contributed by atoms with Crippen molar-refractivity contribution >= 4 is 45.0 Å². The van der Waals surface area contributed by atoms with Gasteiger partial charge in [0.05, 0.1) is 6.61 Å². The summed E-state index contributed by atoms with van der Waals surface area (Å²) in [6, 6.07) is 3.45. The van der Waals surface area contributed by atoms with Crippen molar-refractivity contribution in [2.45, 2.75) is 13.8 Å². The number of thiazole rings is 1. The molecule has 0 aromatic carbocycles. The number of halogens is 1. The first kappa shape index (κ1) is 15.6. The number of carbonyl (C=O) groups is 2. The molecule has 0 aliphatic carbocycles. The minimum Gasteiger partial charge on any atom is -0.462 e. The summed E-state index contributed by atoms with van der Waals surface area (Å²) >= 11 is 4.47. The maximum Gasteiger partial charge on any atom is 0.351 e. The number of carbonyl (C=O) groups excluding carboxylic acids is 2. The molecule has 21 heavy (non-hydrogen) atoms. The average Bonchev–Trinajstić information content (AvgIpc) is 2.81. The Morgan fingerprint density at radius 3 is 2.90 bits per heavy atom. The second kappa shape index (κ2) is 6.77. The Balaban J connectivity index is 2.32. The number of hydrogen-bond donors (Lipinski definition) is 1. The van der Waals surface area contributed by atoms with Crippen LogP contribution in [0, 0.1) is 0 Å². The first-order chi connectivity index (χ1) is 10.0. The van der Waals surface area contributed by atoms with E-state index in [1.165, 1.54) is 18.3 Å². The molecule has 110 valence electrons. The van der Waals surface area contributed by atoms with E-state index >= 15 is 0 Å². The molecule has 0 aliphatic heterocycles. The molecular weight excluding hydrogens is 358 g/mol. The van der Waals surface area contributed by atoms with Gasteiger partial charge in [-0.15, -0.1) is 11.3 Å². The zero-order valence-electron chi connectivity index (χ0n) is 11.3. The summed E-state index contributed by atoms with van der Waals surface area (Å²) in [7, 11) is 0. The zero-order valence-corrected chi connectivity index (χ0v) is 13.7. The van der Waals surface area contributed by atoms with Crippen LogP contribution < -0.4 is 5.32 Å². The van der Waals surface area contributed by atoms with Gasteiger partial charge in [0, 0.05) is 18.7 Å². The maximum atomic E-state index is 11.8. The molecule has 0 saturated carbocycles. The predicted molar refractivity (Wildman–Crippen MR) is 83.3 cm³/mol. The fourth-order valence-corrected chi connectivity index (χ4v) is 3.11. The van der Waals surface area contributed by atoms with Crippen molar-refractivity contribution in [3.05, 3.63) is 27.8 Å². The molecule has 1 amide bonds. The fourth-order valence-electron chi connectivity index (χ4n) is 1.56. The van der Waals surface area contributed by atoms with Crippen molar-refractivity contribution in [2.75, 3.05) is 11.9 Å². The molecule has 6 nitrogen and oxygen atoms in total. The molecule has 0 atom stereocenters. The van der Waals surface area contributed by atoms with E-state index in [2.05, 4.69) is 31.2 Å². The highest BCUT2D eigenvalue weighted by Gasteiger charge is 2.18. The SMILES string of the molecule is CCOC(=O)c1sc(-c2ccnc(NC(C)=O)c2)nc1Br. The van der Waals surface area contributed by atoms with E-state index in [4.69, 9.17) is 4.74 Å². The van der Waals surface area contributed by atoms with E-state index in [1.807, 2.05) is 0 Å². The second-order valence-electron chi connectivity index (χ2n) is 3.97. The average molecular weight is 370 g/mol. The third kappa shape index (κ3) is 3.85. The fraction of sp³-hybridized carbons (Fsp3) is 0.231. The highest BCUT2D eigenvalue weighted by molar-refractivity contribution is 9.10.